The van der Waals surface area contributed by atoms with E-state index in [1.54, 1.807) is 4.57 Å². The molecule has 14 heteroatoms. The number of piperazine rings is 1. The molecule has 0 saturated carbocycles. The standard InChI is InChI=1S/C24H25ClF3N7O3/c1-3-17-21(34-8-6-29-7-9-34)22(38)20-23(30-11-18(33-20)31-13(2)36)35(17)12-19(37)32-16-5-4-14(10-15(16)25)24(26,27)28/h4-5,10-11,29H,3,6-9,12H2,1-2H3,(H,32,37)(H,31,33,36). The second-order valence-corrected chi connectivity index (χ2v) is 9.06. The van der Waals surface area contributed by atoms with Crippen LogP contribution in [-0.2, 0) is 28.7 Å². The van der Waals surface area contributed by atoms with E-state index in [0.717, 1.165) is 18.2 Å². The van der Waals surface area contributed by atoms with Gasteiger partial charge in [0.2, 0.25) is 17.2 Å². The van der Waals surface area contributed by atoms with Gasteiger partial charge in [-0.25, -0.2) is 9.97 Å². The Morgan fingerprint density at radius 3 is 2.50 bits per heavy atom. The highest BCUT2D eigenvalue weighted by molar-refractivity contribution is 6.33. The Bertz CT molecular complexity index is 1450. The number of hydrogen-bond donors (Lipinski definition) is 3. The van der Waals surface area contributed by atoms with Crippen LogP contribution in [-0.4, -0.2) is 52.5 Å². The second kappa shape index (κ2) is 11.0. The third kappa shape index (κ3) is 5.73. The molecular formula is C24H25ClF3N7O3. The smallest absolute Gasteiger partial charge is 0.364 e. The number of hydrogen-bond acceptors (Lipinski definition) is 7. The number of anilines is 3. The summed E-state index contributed by atoms with van der Waals surface area (Å²) in [5.41, 5.74) is -0.256. The van der Waals surface area contributed by atoms with Crippen molar-refractivity contribution in [3.8, 4) is 0 Å². The summed E-state index contributed by atoms with van der Waals surface area (Å²) in [6.07, 6.45) is -2.91. The van der Waals surface area contributed by atoms with Gasteiger partial charge in [0.05, 0.1) is 22.5 Å². The van der Waals surface area contributed by atoms with Crippen LogP contribution in [0.5, 0.6) is 0 Å². The van der Waals surface area contributed by atoms with Gasteiger partial charge in [-0.05, 0) is 24.6 Å². The van der Waals surface area contributed by atoms with Crippen LogP contribution in [0.4, 0.5) is 30.4 Å². The monoisotopic (exact) mass is 551 g/mol. The number of rotatable bonds is 6. The predicted octanol–water partition coefficient (Wildman–Crippen LogP) is 3.03. The van der Waals surface area contributed by atoms with Gasteiger partial charge < -0.3 is 25.4 Å². The van der Waals surface area contributed by atoms with Crippen LogP contribution in [0.1, 0.15) is 25.1 Å². The highest BCUT2D eigenvalue weighted by Crippen LogP contribution is 2.34. The fourth-order valence-corrected chi connectivity index (χ4v) is 4.57. The average molecular weight is 552 g/mol. The molecule has 0 radical (unpaired) electrons. The summed E-state index contributed by atoms with van der Waals surface area (Å²) in [7, 11) is 0. The number of amides is 2. The van der Waals surface area contributed by atoms with E-state index in [1.807, 2.05) is 11.8 Å². The van der Waals surface area contributed by atoms with Crippen molar-refractivity contribution in [1.29, 1.82) is 0 Å². The normalized spacial score (nSPS) is 14.0. The van der Waals surface area contributed by atoms with Crippen molar-refractivity contribution in [2.45, 2.75) is 33.0 Å². The number of alkyl halides is 3. The Balaban J connectivity index is 1.78. The Morgan fingerprint density at radius 1 is 1.18 bits per heavy atom. The van der Waals surface area contributed by atoms with E-state index >= 15 is 0 Å². The minimum Gasteiger partial charge on any atom is -0.364 e. The quantitative estimate of drug-likeness (QED) is 0.430. The zero-order chi connectivity index (χ0) is 27.6. The van der Waals surface area contributed by atoms with E-state index in [2.05, 4.69) is 25.9 Å². The first kappa shape index (κ1) is 27.3. The zero-order valence-corrected chi connectivity index (χ0v) is 21.3. The van der Waals surface area contributed by atoms with Crippen LogP contribution in [0.15, 0.2) is 29.2 Å². The maximum Gasteiger partial charge on any atom is 0.416 e. The number of nitrogens with zero attached hydrogens (tertiary/aromatic N) is 4. The molecule has 1 fully saturated rings. The van der Waals surface area contributed by atoms with Gasteiger partial charge in [-0.2, -0.15) is 13.2 Å². The lowest BCUT2D eigenvalue weighted by atomic mass is 10.1. The Hall–Kier alpha value is -3.71. The van der Waals surface area contributed by atoms with E-state index in [9.17, 15) is 27.6 Å². The molecule has 1 saturated heterocycles. The minimum atomic E-state index is -4.58. The molecule has 4 rings (SSSR count). The average Bonchev–Trinajstić information content (AvgIpc) is 2.86. The summed E-state index contributed by atoms with van der Waals surface area (Å²) in [4.78, 5) is 48.8. The van der Waals surface area contributed by atoms with Crippen LogP contribution in [0, 0.1) is 0 Å². The molecule has 3 N–H and O–H groups in total. The van der Waals surface area contributed by atoms with Crippen molar-refractivity contribution in [3.63, 3.8) is 0 Å². The molecular weight excluding hydrogens is 527 g/mol. The summed E-state index contributed by atoms with van der Waals surface area (Å²) in [5.74, 6) is -0.894. The van der Waals surface area contributed by atoms with Gasteiger partial charge in [0.25, 0.3) is 0 Å². The van der Waals surface area contributed by atoms with Crippen molar-refractivity contribution in [2.75, 3.05) is 41.7 Å². The number of carbonyl (C=O) groups is 2. The van der Waals surface area contributed by atoms with Crippen molar-refractivity contribution in [1.82, 2.24) is 19.9 Å². The van der Waals surface area contributed by atoms with Gasteiger partial charge in [-0.15, -0.1) is 0 Å². The van der Waals surface area contributed by atoms with Crippen LogP contribution in [0.25, 0.3) is 11.2 Å². The third-order valence-corrected chi connectivity index (χ3v) is 6.30. The number of fused-ring (bicyclic) bond motifs is 1. The highest BCUT2D eigenvalue weighted by atomic mass is 35.5. The van der Waals surface area contributed by atoms with Gasteiger partial charge in [0.1, 0.15) is 12.2 Å². The summed E-state index contributed by atoms with van der Waals surface area (Å²) in [6.45, 7) is 5.25. The molecule has 0 atom stereocenters. The van der Waals surface area contributed by atoms with Crippen molar-refractivity contribution >= 4 is 51.8 Å². The molecule has 0 aliphatic carbocycles. The number of pyridine rings is 1. The lowest BCUT2D eigenvalue weighted by Crippen LogP contribution is -2.46. The summed E-state index contributed by atoms with van der Waals surface area (Å²) < 4.78 is 40.5. The first-order chi connectivity index (χ1) is 18.0. The van der Waals surface area contributed by atoms with E-state index in [0.29, 0.717) is 44.0 Å². The van der Waals surface area contributed by atoms with E-state index in [-0.39, 0.29) is 45.6 Å². The third-order valence-electron chi connectivity index (χ3n) is 5.98. The molecule has 0 spiro atoms. The number of halogens is 4. The molecule has 1 aliphatic heterocycles. The summed E-state index contributed by atoms with van der Waals surface area (Å²) in [5, 5.41) is 8.01. The summed E-state index contributed by atoms with van der Waals surface area (Å²) in [6, 6.07) is 2.64. The fourth-order valence-electron chi connectivity index (χ4n) is 4.34. The van der Waals surface area contributed by atoms with Crippen molar-refractivity contribution < 1.29 is 22.8 Å². The van der Waals surface area contributed by atoms with Gasteiger partial charge in [0.15, 0.2) is 17.0 Å². The summed E-state index contributed by atoms with van der Waals surface area (Å²) >= 11 is 6.01. The first-order valence-electron chi connectivity index (χ1n) is 11.8. The zero-order valence-electron chi connectivity index (χ0n) is 20.6. The number of nitrogens with one attached hydrogen (secondary N) is 3. The molecule has 3 aromatic rings. The number of aromatic nitrogens is 3. The van der Waals surface area contributed by atoms with Gasteiger partial charge in [-0.1, -0.05) is 18.5 Å². The van der Waals surface area contributed by atoms with E-state index in [4.69, 9.17) is 11.6 Å². The Kier molecular flexibility index (Phi) is 7.88. The molecule has 1 aromatic carbocycles. The fraction of sp³-hybridized carbons (Fsp3) is 0.375. The molecule has 38 heavy (non-hydrogen) atoms. The van der Waals surface area contributed by atoms with E-state index in [1.165, 1.54) is 13.1 Å². The van der Waals surface area contributed by atoms with Crippen LogP contribution in [0.3, 0.4) is 0 Å². The molecule has 1 aliphatic rings. The number of benzene rings is 1. The largest absolute Gasteiger partial charge is 0.416 e. The molecule has 10 nitrogen and oxygen atoms in total. The maximum atomic E-state index is 13.6. The highest BCUT2D eigenvalue weighted by Gasteiger charge is 2.31. The Morgan fingerprint density at radius 2 is 1.89 bits per heavy atom. The van der Waals surface area contributed by atoms with Gasteiger partial charge in [-0.3, -0.25) is 14.4 Å². The SMILES string of the molecule is CCc1c(N2CCNCC2)c(=O)c2nc(NC(C)=O)cnc2n1CC(=O)Nc1ccc(C(F)(F)F)cc1Cl. The topological polar surface area (TPSA) is 121 Å². The first-order valence-corrected chi connectivity index (χ1v) is 12.2. The van der Waals surface area contributed by atoms with Crippen LogP contribution >= 0.6 is 11.6 Å². The lowest BCUT2D eigenvalue weighted by molar-refractivity contribution is -0.137. The van der Waals surface area contributed by atoms with Crippen molar-refractivity contribution in [3.05, 3.63) is 50.9 Å². The van der Waals surface area contributed by atoms with Crippen LogP contribution < -0.4 is 26.3 Å². The van der Waals surface area contributed by atoms with Gasteiger partial charge in [0, 0.05) is 38.8 Å². The maximum absolute atomic E-state index is 13.6. The number of carbonyl (C=O) groups excluding carboxylic acids is 2. The van der Waals surface area contributed by atoms with Crippen molar-refractivity contribution in [2.24, 2.45) is 0 Å². The molecule has 202 valence electrons. The lowest BCUT2D eigenvalue weighted by Gasteiger charge is -2.31. The van der Waals surface area contributed by atoms with Crippen LogP contribution in [0.2, 0.25) is 5.02 Å². The predicted molar refractivity (Wildman–Crippen MR) is 138 cm³/mol. The molecule has 3 heterocycles. The minimum absolute atomic E-state index is 0.00872. The molecule has 0 bridgehead atoms. The second-order valence-electron chi connectivity index (χ2n) is 8.65. The molecule has 2 aromatic heterocycles. The molecule has 2 amide bonds. The molecule has 0 unspecified atom stereocenters. The van der Waals surface area contributed by atoms with E-state index < -0.39 is 17.6 Å². The Labute approximate surface area is 220 Å². The van der Waals surface area contributed by atoms with Gasteiger partial charge >= 0.3 is 6.18 Å².